The molecule has 0 fully saturated rings. The SMILES string of the molecule is CNCCCCN1c2ccccc2N(c2ccc(O)cc2F)S1(O)O. The molecule has 0 atom stereocenters. The maximum absolute atomic E-state index is 14.4. The van der Waals surface area contributed by atoms with Crippen LogP contribution < -0.4 is 13.9 Å². The second kappa shape index (κ2) is 7.09. The number of phenols is 1. The average molecular weight is 367 g/mol. The van der Waals surface area contributed by atoms with Crippen LogP contribution in [0.15, 0.2) is 42.5 Å². The molecule has 1 heterocycles. The van der Waals surface area contributed by atoms with Gasteiger partial charge in [-0.1, -0.05) is 12.1 Å². The van der Waals surface area contributed by atoms with Crippen molar-refractivity contribution in [2.75, 3.05) is 28.7 Å². The molecule has 0 saturated carbocycles. The van der Waals surface area contributed by atoms with Crippen molar-refractivity contribution in [1.82, 2.24) is 5.32 Å². The molecule has 0 radical (unpaired) electrons. The van der Waals surface area contributed by atoms with Crippen molar-refractivity contribution < 1.29 is 18.6 Å². The molecule has 0 unspecified atom stereocenters. The van der Waals surface area contributed by atoms with Gasteiger partial charge in [0.15, 0.2) is 5.82 Å². The van der Waals surface area contributed by atoms with E-state index in [1.807, 2.05) is 13.1 Å². The van der Waals surface area contributed by atoms with Crippen LogP contribution in [0.3, 0.4) is 0 Å². The molecule has 4 N–H and O–H groups in total. The summed E-state index contributed by atoms with van der Waals surface area (Å²) in [4.78, 5) is 0. The molecule has 25 heavy (non-hydrogen) atoms. The minimum atomic E-state index is -3.44. The normalized spacial score (nSPS) is 16.8. The molecule has 8 heteroatoms. The van der Waals surface area contributed by atoms with Crippen LogP contribution in [0, 0.1) is 5.82 Å². The number of para-hydroxylation sites is 2. The Bertz CT molecular complexity index is 760. The molecule has 6 nitrogen and oxygen atoms in total. The zero-order valence-corrected chi connectivity index (χ0v) is 14.7. The molecule has 0 spiro atoms. The number of nitrogens with zero attached hydrogens (tertiary/aromatic N) is 2. The van der Waals surface area contributed by atoms with E-state index in [1.165, 1.54) is 20.7 Å². The van der Waals surface area contributed by atoms with Gasteiger partial charge in [-0.05, 0) is 61.7 Å². The standard InChI is InChI=1S/C17H22FN3O3S/c1-19-10-4-5-11-20-16-6-2-3-7-17(16)21(25(20,23)24)15-9-8-13(22)12-14(15)18/h2-3,6-9,12,19,22-24H,4-5,10-11H2,1H3. The van der Waals surface area contributed by atoms with Crippen LogP contribution >= 0.6 is 11.0 Å². The summed E-state index contributed by atoms with van der Waals surface area (Å²) in [6.45, 7) is 1.28. The Balaban J connectivity index is 1.99. The highest BCUT2D eigenvalue weighted by molar-refractivity contribution is 8.27. The minimum Gasteiger partial charge on any atom is -0.508 e. The predicted octanol–water partition coefficient (Wildman–Crippen LogP) is 4.07. The van der Waals surface area contributed by atoms with Crippen molar-refractivity contribution >= 4 is 28.0 Å². The number of rotatable bonds is 6. The number of hydrogen-bond donors (Lipinski definition) is 4. The van der Waals surface area contributed by atoms with E-state index in [0.717, 1.165) is 25.5 Å². The van der Waals surface area contributed by atoms with Crippen LogP contribution in [0.1, 0.15) is 12.8 Å². The van der Waals surface area contributed by atoms with Gasteiger partial charge in [-0.25, -0.2) is 8.70 Å². The summed E-state index contributed by atoms with van der Waals surface area (Å²) in [5.41, 5.74) is 1.20. The highest BCUT2D eigenvalue weighted by Gasteiger charge is 2.42. The summed E-state index contributed by atoms with van der Waals surface area (Å²) in [7, 11) is -1.57. The third-order valence-electron chi connectivity index (χ3n) is 4.10. The molecule has 2 aromatic carbocycles. The number of hydrogen-bond acceptors (Lipinski definition) is 6. The molecule has 0 aromatic heterocycles. The monoisotopic (exact) mass is 367 g/mol. The number of aromatic hydroxyl groups is 1. The summed E-state index contributed by atoms with van der Waals surface area (Å²) in [5, 5.41) is 12.5. The van der Waals surface area contributed by atoms with E-state index in [-0.39, 0.29) is 11.4 Å². The Labute approximate surface area is 148 Å². The molecule has 0 aliphatic carbocycles. The smallest absolute Gasteiger partial charge is 0.152 e. The van der Waals surface area contributed by atoms with Crippen molar-refractivity contribution in [3.05, 3.63) is 48.3 Å². The number of fused-ring (bicyclic) bond motifs is 1. The predicted molar refractivity (Wildman–Crippen MR) is 100 cm³/mol. The van der Waals surface area contributed by atoms with E-state index in [1.54, 1.807) is 18.2 Å². The van der Waals surface area contributed by atoms with Crippen LogP contribution in [0.2, 0.25) is 0 Å². The topological polar surface area (TPSA) is 79.2 Å². The highest BCUT2D eigenvalue weighted by Crippen LogP contribution is 2.64. The first kappa shape index (κ1) is 17.8. The molecule has 136 valence electrons. The summed E-state index contributed by atoms with van der Waals surface area (Å²) >= 11 is 0. The van der Waals surface area contributed by atoms with Crippen LogP contribution in [0.5, 0.6) is 5.75 Å². The molecule has 0 saturated heterocycles. The van der Waals surface area contributed by atoms with E-state index < -0.39 is 16.8 Å². The Morgan fingerprint density at radius 3 is 2.44 bits per heavy atom. The Hall–Kier alpha value is -2.00. The first-order valence-corrected chi connectivity index (χ1v) is 9.51. The van der Waals surface area contributed by atoms with Crippen LogP contribution in [-0.2, 0) is 0 Å². The van der Waals surface area contributed by atoms with Gasteiger partial charge in [0.1, 0.15) is 11.4 Å². The number of anilines is 3. The fourth-order valence-electron chi connectivity index (χ4n) is 2.93. The van der Waals surface area contributed by atoms with Gasteiger partial charge >= 0.3 is 0 Å². The number of unbranched alkanes of at least 4 members (excludes halogenated alkanes) is 1. The first-order chi connectivity index (χ1) is 12.0. The molecule has 0 bridgehead atoms. The van der Waals surface area contributed by atoms with Crippen molar-refractivity contribution in [3.63, 3.8) is 0 Å². The quantitative estimate of drug-likeness (QED) is 0.577. The third kappa shape index (κ3) is 3.25. The lowest BCUT2D eigenvalue weighted by atomic mass is 10.2. The lowest BCUT2D eigenvalue weighted by Gasteiger charge is -2.43. The fraction of sp³-hybridized carbons (Fsp3) is 0.294. The van der Waals surface area contributed by atoms with Gasteiger partial charge in [0.2, 0.25) is 0 Å². The largest absolute Gasteiger partial charge is 0.508 e. The van der Waals surface area contributed by atoms with Crippen molar-refractivity contribution in [3.8, 4) is 5.75 Å². The van der Waals surface area contributed by atoms with Crippen LogP contribution in [0.25, 0.3) is 0 Å². The lowest BCUT2D eigenvalue weighted by Crippen LogP contribution is -2.32. The van der Waals surface area contributed by atoms with E-state index in [4.69, 9.17) is 0 Å². The van der Waals surface area contributed by atoms with Gasteiger partial charge in [-0.15, -0.1) is 0 Å². The highest BCUT2D eigenvalue weighted by atomic mass is 32.3. The van der Waals surface area contributed by atoms with Crippen molar-refractivity contribution in [2.24, 2.45) is 0 Å². The number of phenolic OH excluding ortho intramolecular Hbond substituents is 1. The van der Waals surface area contributed by atoms with Gasteiger partial charge in [-0.3, -0.25) is 13.4 Å². The van der Waals surface area contributed by atoms with E-state index in [9.17, 15) is 18.6 Å². The Morgan fingerprint density at radius 2 is 1.76 bits per heavy atom. The molecule has 0 amide bonds. The minimum absolute atomic E-state index is 0.0166. The van der Waals surface area contributed by atoms with Gasteiger partial charge in [0.25, 0.3) is 0 Å². The van der Waals surface area contributed by atoms with Gasteiger partial charge in [-0.2, -0.15) is 0 Å². The third-order valence-corrected chi connectivity index (χ3v) is 5.95. The number of halogens is 1. The summed E-state index contributed by atoms with van der Waals surface area (Å²) < 4.78 is 38.9. The summed E-state index contributed by atoms with van der Waals surface area (Å²) in [6.07, 6.45) is 1.65. The second-order valence-corrected chi connectivity index (χ2v) is 7.61. The van der Waals surface area contributed by atoms with Crippen LogP contribution in [0.4, 0.5) is 21.5 Å². The van der Waals surface area contributed by atoms with Crippen molar-refractivity contribution in [1.29, 1.82) is 0 Å². The summed E-state index contributed by atoms with van der Waals surface area (Å²) in [6, 6.07) is 10.7. The van der Waals surface area contributed by atoms with Crippen molar-refractivity contribution in [2.45, 2.75) is 12.8 Å². The van der Waals surface area contributed by atoms with E-state index in [2.05, 4.69) is 5.32 Å². The molecule has 3 rings (SSSR count). The fourth-order valence-corrected chi connectivity index (χ4v) is 4.75. The molecule has 1 aliphatic heterocycles. The molecule has 2 aromatic rings. The number of nitrogens with one attached hydrogen (secondary N) is 1. The first-order valence-electron chi connectivity index (χ1n) is 8.05. The summed E-state index contributed by atoms with van der Waals surface area (Å²) in [5.74, 6) is -0.930. The molecular weight excluding hydrogens is 345 g/mol. The molecular formula is C17H22FN3O3S. The number of benzene rings is 2. The Morgan fingerprint density at radius 1 is 1.04 bits per heavy atom. The zero-order chi connectivity index (χ0) is 18.0. The van der Waals surface area contributed by atoms with E-state index in [0.29, 0.717) is 17.9 Å². The van der Waals surface area contributed by atoms with Gasteiger partial charge in [0.05, 0.1) is 11.4 Å². The average Bonchev–Trinajstić information content (AvgIpc) is 2.79. The lowest BCUT2D eigenvalue weighted by molar-refractivity contribution is 0.467. The maximum atomic E-state index is 14.4. The van der Waals surface area contributed by atoms with Crippen LogP contribution in [-0.4, -0.2) is 34.3 Å². The Kier molecular flexibility index (Phi) is 5.05. The zero-order valence-electron chi connectivity index (χ0n) is 13.9. The van der Waals surface area contributed by atoms with Gasteiger partial charge < -0.3 is 10.4 Å². The second-order valence-electron chi connectivity index (χ2n) is 5.82. The maximum Gasteiger partial charge on any atom is 0.152 e. The van der Waals surface area contributed by atoms with E-state index >= 15 is 0 Å². The van der Waals surface area contributed by atoms with Gasteiger partial charge in [0, 0.05) is 12.6 Å². The molecule has 1 aliphatic rings.